The number of aromatic nitrogens is 2. The van der Waals surface area contributed by atoms with E-state index in [0.29, 0.717) is 6.61 Å². The van der Waals surface area contributed by atoms with Crippen molar-refractivity contribution in [2.75, 3.05) is 25.6 Å². The highest BCUT2D eigenvalue weighted by molar-refractivity contribution is 5.93. The molecule has 5 heteroatoms. The summed E-state index contributed by atoms with van der Waals surface area (Å²) in [5.74, 6) is 1.74. The zero-order chi connectivity index (χ0) is 18.6. The lowest BCUT2D eigenvalue weighted by atomic mass is 9.97. The first-order chi connectivity index (χ1) is 13.3. The van der Waals surface area contributed by atoms with Gasteiger partial charge in [0, 0.05) is 30.6 Å². The van der Waals surface area contributed by atoms with Gasteiger partial charge in [-0.2, -0.15) is 0 Å². The number of hydrogen-bond donors (Lipinski definition) is 1. The van der Waals surface area contributed by atoms with Crippen LogP contribution < -0.4 is 14.8 Å². The average molecular weight is 361 g/mol. The molecule has 0 amide bonds. The molecule has 0 bridgehead atoms. The molecular formula is C22H23N3O2. The fourth-order valence-corrected chi connectivity index (χ4v) is 3.22. The van der Waals surface area contributed by atoms with Crippen LogP contribution in [0.5, 0.6) is 11.5 Å². The molecule has 1 aromatic heterocycles. The topological polar surface area (TPSA) is 48.3 Å². The summed E-state index contributed by atoms with van der Waals surface area (Å²) < 4.78 is 13.3. The van der Waals surface area contributed by atoms with Crippen molar-refractivity contribution < 1.29 is 9.47 Å². The van der Waals surface area contributed by atoms with E-state index in [4.69, 9.17) is 9.47 Å². The Morgan fingerprint density at radius 2 is 2.04 bits per heavy atom. The van der Waals surface area contributed by atoms with E-state index < -0.39 is 0 Å². The van der Waals surface area contributed by atoms with Crippen molar-refractivity contribution in [2.24, 2.45) is 0 Å². The van der Waals surface area contributed by atoms with Crippen molar-refractivity contribution in [3.05, 3.63) is 66.2 Å². The van der Waals surface area contributed by atoms with Crippen molar-refractivity contribution >= 4 is 17.3 Å². The minimum atomic E-state index is 0.691. The quantitative estimate of drug-likeness (QED) is 0.695. The number of hydrogen-bond acceptors (Lipinski definition) is 4. The molecule has 0 atom stereocenters. The summed E-state index contributed by atoms with van der Waals surface area (Å²) in [4.78, 5) is 4.16. The van der Waals surface area contributed by atoms with Crippen LogP contribution in [0.15, 0.2) is 55.1 Å². The first-order valence-electron chi connectivity index (χ1n) is 9.16. The third kappa shape index (κ3) is 3.53. The monoisotopic (exact) mass is 361 g/mol. The molecule has 4 rings (SSSR count). The normalized spacial score (nSPS) is 12.7. The van der Waals surface area contributed by atoms with Gasteiger partial charge in [0.2, 0.25) is 0 Å². The maximum Gasteiger partial charge on any atom is 0.145 e. The molecule has 138 valence electrons. The van der Waals surface area contributed by atoms with Crippen LogP contribution in [0.25, 0.3) is 17.3 Å². The first kappa shape index (κ1) is 17.2. The lowest BCUT2D eigenvalue weighted by molar-refractivity contribution is 0.318. The average Bonchev–Trinajstić information content (AvgIpc) is 3.26. The molecule has 5 nitrogen and oxygen atoms in total. The van der Waals surface area contributed by atoms with Crippen molar-refractivity contribution in [2.45, 2.75) is 13.3 Å². The standard InChI is InChI=1S/C22H23N3O2/c1-3-10-27-21-13-19(25-9-8-23-15-25)12-17-11-18(14-24-22(17)21)16-4-6-20(26-2)7-5-16/h4-9,11-13,15,24H,3,10,14H2,1-2H3. The number of methoxy groups -OCH3 is 1. The Morgan fingerprint density at radius 3 is 2.74 bits per heavy atom. The number of imidazole rings is 1. The molecule has 0 saturated carbocycles. The second-order valence-corrected chi connectivity index (χ2v) is 6.48. The molecule has 0 saturated heterocycles. The number of benzene rings is 2. The third-order valence-corrected chi connectivity index (χ3v) is 4.63. The molecule has 3 aromatic rings. The number of anilines is 1. The van der Waals surface area contributed by atoms with E-state index in [1.807, 2.05) is 22.9 Å². The van der Waals surface area contributed by atoms with Gasteiger partial charge in [0.1, 0.15) is 11.5 Å². The summed E-state index contributed by atoms with van der Waals surface area (Å²) in [5, 5.41) is 3.54. The van der Waals surface area contributed by atoms with Gasteiger partial charge in [0.15, 0.2) is 0 Å². The van der Waals surface area contributed by atoms with Crippen LogP contribution in [0, 0.1) is 0 Å². The Morgan fingerprint density at radius 1 is 1.19 bits per heavy atom. The number of fused-ring (bicyclic) bond motifs is 1. The van der Waals surface area contributed by atoms with Crippen LogP contribution in [0.2, 0.25) is 0 Å². The van der Waals surface area contributed by atoms with Crippen LogP contribution in [0.4, 0.5) is 5.69 Å². The maximum absolute atomic E-state index is 6.02. The van der Waals surface area contributed by atoms with Crippen LogP contribution >= 0.6 is 0 Å². The van der Waals surface area contributed by atoms with Crippen molar-refractivity contribution in [3.8, 4) is 17.2 Å². The van der Waals surface area contributed by atoms with Crippen molar-refractivity contribution in [1.29, 1.82) is 0 Å². The van der Waals surface area contributed by atoms with Crippen molar-refractivity contribution in [3.63, 3.8) is 0 Å². The van der Waals surface area contributed by atoms with Crippen LogP contribution in [0.3, 0.4) is 0 Å². The summed E-state index contributed by atoms with van der Waals surface area (Å²) >= 11 is 0. The summed E-state index contributed by atoms with van der Waals surface area (Å²) in [6.07, 6.45) is 8.72. The van der Waals surface area contributed by atoms with E-state index in [0.717, 1.165) is 41.4 Å². The van der Waals surface area contributed by atoms with E-state index in [1.165, 1.54) is 11.1 Å². The lowest BCUT2D eigenvalue weighted by Crippen LogP contribution is -2.12. The molecule has 0 aliphatic carbocycles. The molecule has 0 unspecified atom stereocenters. The van der Waals surface area contributed by atoms with Crippen LogP contribution in [0.1, 0.15) is 24.5 Å². The zero-order valence-electron chi connectivity index (χ0n) is 15.6. The first-order valence-corrected chi connectivity index (χ1v) is 9.16. The highest BCUT2D eigenvalue weighted by Gasteiger charge is 2.17. The third-order valence-electron chi connectivity index (χ3n) is 4.63. The Hall–Kier alpha value is -3.21. The zero-order valence-corrected chi connectivity index (χ0v) is 15.6. The largest absolute Gasteiger partial charge is 0.497 e. The Labute approximate surface area is 159 Å². The van der Waals surface area contributed by atoms with E-state index in [-0.39, 0.29) is 0 Å². The molecule has 0 spiro atoms. The molecule has 1 aliphatic rings. The van der Waals surface area contributed by atoms with Crippen molar-refractivity contribution in [1.82, 2.24) is 9.55 Å². The smallest absolute Gasteiger partial charge is 0.145 e. The molecule has 2 heterocycles. The molecular weight excluding hydrogens is 338 g/mol. The van der Waals surface area contributed by atoms with E-state index in [2.05, 4.69) is 47.6 Å². The fourth-order valence-electron chi connectivity index (χ4n) is 3.22. The maximum atomic E-state index is 6.02. The minimum Gasteiger partial charge on any atom is -0.497 e. The number of nitrogens with one attached hydrogen (secondary N) is 1. The molecule has 27 heavy (non-hydrogen) atoms. The number of ether oxygens (including phenoxy) is 2. The highest BCUT2D eigenvalue weighted by Crippen LogP contribution is 2.38. The number of rotatable bonds is 6. The number of nitrogens with zero attached hydrogens (tertiary/aromatic N) is 2. The van der Waals surface area contributed by atoms with E-state index >= 15 is 0 Å². The summed E-state index contributed by atoms with van der Waals surface area (Å²) in [6.45, 7) is 3.56. The molecule has 1 N–H and O–H groups in total. The van der Waals surface area contributed by atoms with Gasteiger partial charge >= 0.3 is 0 Å². The van der Waals surface area contributed by atoms with E-state index in [9.17, 15) is 0 Å². The van der Waals surface area contributed by atoms with Crippen LogP contribution in [-0.4, -0.2) is 29.8 Å². The summed E-state index contributed by atoms with van der Waals surface area (Å²) in [6, 6.07) is 12.4. The highest BCUT2D eigenvalue weighted by atomic mass is 16.5. The minimum absolute atomic E-state index is 0.691. The Balaban J connectivity index is 1.75. The van der Waals surface area contributed by atoms with Gasteiger partial charge in [0.25, 0.3) is 0 Å². The van der Waals surface area contributed by atoms with Gasteiger partial charge in [-0.15, -0.1) is 0 Å². The van der Waals surface area contributed by atoms with E-state index in [1.54, 1.807) is 19.6 Å². The SMILES string of the molecule is CCCOc1cc(-n2ccnc2)cc2c1NCC(c1ccc(OC)cc1)=C2. The second-order valence-electron chi connectivity index (χ2n) is 6.48. The van der Waals surface area contributed by atoms with Gasteiger partial charge in [-0.05, 0) is 41.8 Å². The predicted molar refractivity (Wildman–Crippen MR) is 109 cm³/mol. The summed E-state index contributed by atoms with van der Waals surface area (Å²) in [7, 11) is 1.68. The fraction of sp³-hybridized carbons (Fsp3) is 0.227. The Bertz CT molecular complexity index is 944. The van der Waals surface area contributed by atoms with Gasteiger partial charge in [-0.1, -0.05) is 19.1 Å². The second kappa shape index (κ2) is 7.58. The van der Waals surface area contributed by atoms with Gasteiger partial charge in [-0.3, -0.25) is 0 Å². The predicted octanol–water partition coefficient (Wildman–Crippen LogP) is 4.64. The van der Waals surface area contributed by atoms with Gasteiger partial charge < -0.3 is 19.4 Å². The van der Waals surface area contributed by atoms with Crippen LogP contribution in [-0.2, 0) is 0 Å². The Kier molecular flexibility index (Phi) is 4.83. The summed E-state index contributed by atoms with van der Waals surface area (Å²) in [5.41, 5.74) is 5.60. The lowest BCUT2D eigenvalue weighted by Gasteiger charge is -2.23. The van der Waals surface area contributed by atoms with Gasteiger partial charge in [-0.25, -0.2) is 4.98 Å². The molecule has 1 aliphatic heterocycles. The molecule has 2 aromatic carbocycles. The van der Waals surface area contributed by atoms with Gasteiger partial charge in [0.05, 0.1) is 31.4 Å². The molecule has 0 radical (unpaired) electrons. The molecule has 0 fully saturated rings.